The van der Waals surface area contributed by atoms with Crippen LogP contribution in [0, 0.1) is 11.7 Å². The SMILES string of the molecule is COc1ccc(CN(c2ccon2)S(=O)(=O)c2ccc3c(ccc(=O)n3-c3cc(F)c([C@@H]4C[C@H]4COC(F)(F)F)cc3OC)c2)cc1. The lowest BCUT2D eigenvalue weighted by Gasteiger charge is -2.22. The number of benzene rings is 3. The van der Waals surface area contributed by atoms with Crippen molar-refractivity contribution >= 4 is 26.7 Å². The molecule has 246 valence electrons. The summed E-state index contributed by atoms with van der Waals surface area (Å²) in [6.45, 7) is -0.677. The molecule has 1 aliphatic rings. The highest BCUT2D eigenvalue weighted by Gasteiger charge is 2.43. The minimum Gasteiger partial charge on any atom is -0.497 e. The molecule has 0 spiro atoms. The zero-order valence-electron chi connectivity index (χ0n) is 24.9. The summed E-state index contributed by atoms with van der Waals surface area (Å²) in [5, 5.41) is 4.18. The fraction of sp³-hybridized carbons (Fsp3) is 0.250. The Kier molecular flexibility index (Phi) is 8.44. The fourth-order valence-corrected chi connectivity index (χ4v) is 6.91. The van der Waals surface area contributed by atoms with Crippen molar-refractivity contribution in [3.05, 3.63) is 106 Å². The Morgan fingerprint density at radius 2 is 1.77 bits per heavy atom. The summed E-state index contributed by atoms with van der Waals surface area (Å²) in [5.74, 6) is -1.01. The van der Waals surface area contributed by atoms with Crippen LogP contribution >= 0.6 is 0 Å². The second-order valence-corrected chi connectivity index (χ2v) is 12.7. The Morgan fingerprint density at radius 3 is 2.43 bits per heavy atom. The lowest BCUT2D eigenvalue weighted by atomic mass is 10.1. The topological polar surface area (TPSA) is 113 Å². The molecule has 0 aliphatic heterocycles. The van der Waals surface area contributed by atoms with Gasteiger partial charge in [0.15, 0.2) is 5.82 Å². The van der Waals surface area contributed by atoms with Gasteiger partial charge in [0.2, 0.25) is 0 Å². The highest BCUT2D eigenvalue weighted by molar-refractivity contribution is 7.92. The Balaban J connectivity index is 1.36. The highest BCUT2D eigenvalue weighted by Crippen LogP contribution is 2.50. The first kappa shape index (κ1) is 32.1. The Morgan fingerprint density at radius 1 is 1.00 bits per heavy atom. The average molecular weight is 674 g/mol. The summed E-state index contributed by atoms with van der Waals surface area (Å²) < 4.78 is 103. The molecule has 1 aliphatic carbocycles. The van der Waals surface area contributed by atoms with Crippen LogP contribution in [0.5, 0.6) is 11.5 Å². The summed E-state index contributed by atoms with van der Waals surface area (Å²) in [4.78, 5) is 13.1. The molecular formula is C32H27F4N3O7S. The maximum atomic E-state index is 15.4. The summed E-state index contributed by atoms with van der Waals surface area (Å²) >= 11 is 0. The minimum absolute atomic E-state index is 0.0347. The van der Waals surface area contributed by atoms with Gasteiger partial charge in [-0.25, -0.2) is 17.1 Å². The third-order valence-electron chi connectivity index (χ3n) is 7.94. The van der Waals surface area contributed by atoms with E-state index in [1.807, 2.05) is 0 Å². The highest BCUT2D eigenvalue weighted by atomic mass is 32.2. The van der Waals surface area contributed by atoms with Gasteiger partial charge in [0.05, 0.1) is 43.5 Å². The molecule has 2 heterocycles. The zero-order chi connectivity index (χ0) is 33.5. The van der Waals surface area contributed by atoms with Crippen LogP contribution in [0.1, 0.15) is 23.5 Å². The molecule has 0 bridgehead atoms. The summed E-state index contributed by atoms with van der Waals surface area (Å²) in [5.41, 5.74) is 0.535. The number of nitrogens with zero attached hydrogens (tertiary/aromatic N) is 3. The number of pyridine rings is 1. The summed E-state index contributed by atoms with van der Waals surface area (Å²) in [7, 11) is -1.40. The number of methoxy groups -OCH3 is 2. The van der Waals surface area contributed by atoms with Crippen molar-refractivity contribution in [1.29, 1.82) is 0 Å². The molecule has 0 unspecified atom stereocenters. The normalized spacial score (nSPS) is 16.3. The predicted molar refractivity (Wildman–Crippen MR) is 162 cm³/mol. The van der Waals surface area contributed by atoms with Gasteiger partial charge in [-0.15, -0.1) is 13.2 Å². The van der Waals surface area contributed by atoms with Gasteiger partial charge in [-0.3, -0.25) is 14.1 Å². The first-order chi connectivity index (χ1) is 22.4. The van der Waals surface area contributed by atoms with Crippen molar-refractivity contribution in [2.75, 3.05) is 25.1 Å². The predicted octanol–water partition coefficient (Wildman–Crippen LogP) is 6.17. The van der Waals surface area contributed by atoms with Crippen molar-refractivity contribution in [3.8, 4) is 17.2 Å². The smallest absolute Gasteiger partial charge is 0.497 e. The van der Waals surface area contributed by atoms with E-state index in [1.54, 1.807) is 24.3 Å². The van der Waals surface area contributed by atoms with Crippen molar-refractivity contribution < 1.29 is 44.7 Å². The molecule has 0 saturated heterocycles. The minimum atomic E-state index is -4.78. The van der Waals surface area contributed by atoms with E-state index < -0.39 is 46.2 Å². The van der Waals surface area contributed by atoms with Gasteiger partial charge in [-0.2, -0.15) is 0 Å². The van der Waals surface area contributed by atoms with E-state index in [4.69, 9.17) is 14.0 Å². The van der Waals surface area contributed by atoms with E-state index >= 15 is 4.39 Å². The van der Waals surface area contributed by atoms with Crippen LogP contribution in [0.3, 0.4) is 0 Å². The maximum Gasteiger partial charge on any atom is 0.522 e. The molecule has 10 nitrogen and oxygen atoms in total. The number of anilines is 1. The number of ether oxygens (including phenoxy) is 3. The largest absolute Gasteiger partial charge is 0.522 e. The lowest BCUT2D eigenvalue weighted by molar-refractivity contribution is -0.326. The third kappa shape index (κ3) is 6.53. The van der Waals surface area contributed by atoms with Crippen molar-refractivity contribution in [1.82, 2.24) is 9.72 Å². The van der Waals surface area contributed by atoms with E-state index in [0.29, 0.717) is 23.1 Å². The van der Waals surface area contributed by atoms with E-state index in [-0.39, 0.29) is 39.8 Å². The van der Waals surface area contributed by atoms with Gasteiger partial charge >= 0.3 is 6.36 Å². The number of fused-ring (bicyclic) bond motifs is 1. The van der Waals surface area contributed by atoms with Crippen LogP contribution in [0.4, 0.5) is 23.4 Å². The molecule has 3 aromatic carbocycles. The van der Waals surface area contributed by atoms with Crippen LogP contribution in [-0.4, -0.2) is 45.3 Å². The molecule has 2 aromatic heterocycles. The van der Waals surface area contributed by atoms with E-state index in [2.05, 4.69) is 9.89 Å². The first-order valence-corrected chi connectivity index (χ1v) is 15.6. The number of hydrogen-bond acceptors (Lipinski definition) is 8. The van der Waals surface area contributed by atoms with Gasteiger partial charge in [-0.1, -0.05) is 17.3 Å². The van der Waals surface area contributed by atoms with Crippen LogP contribution < -0.4 is 19.3 Å². The Hall–Kier alpha value is -4.89. The maximum absolute atomic E-state index is 15.4. The quantitative estimate of drug-likeness (QED) is 0.153. The summed E-state index contributed by atoms with van der Waals surface area (Å²) in [6, 6.07) is 17.5. The fourth-order valence-electron chi connectivity index (χ4n) is 5.48. The van der Waals surface area contributed by atoms with Gasteiger partial charge in [-0.05, 0) is 71.8 Å². The molecule has 15 heteroatoms. The molecule has 5 aromatic rings. The Bertz CT molecular complexity index is 2080. The number of aromatic nitrogens is 2. The van der Waals surface area contributed by atoms with E-state index in [1.165, 1.54) is 67.5 Å². The van der Waals surface area contributed by atoms with E-state index in [0.717, 1.165) is 10.4 Å². The number of halogens is 4. The first-order valence-electron chi connectivity index (χ1n) is 14.2. The summed E-state index contributed by atoms with van der Waals surface area (Å²) in [6.07, 6.45) is -3.24. The second kappa shape index (κ2) is 12.4. The molecular weight excluding hydrogens is 646 g/mol. The molecule has 2 atom stereocenters. The van der Waals surface area contributed by atoms with Crippen LogP contribution in [0.25, 0.3) is 16.6 Å². The lowest BCUT2D eigenvalue weighted by Crippen LogP contribution is -2.31. The molecule has 6 rings (SSSR count). The molecule has 1 fully saturated rings. The molecule has 0 amide bonds. The molecule has 47 heavy (non-hydrogen) atoms. The molecule has 0 N–H and O–H groups in total. The van der Waals surface area contributed by atoms with Crippen LogP contribution in [-0.2, 0) is 21.3 Å². The van der Waals surface area contributed by atoms with Crippen molar-refractivity contribution in [2.24, 2.45) is 5.92 Å². The van der Waals surface area contributed by atoms with Gasteiger partial charge in [0.25, 0.3) is 15.6 Å². The van der Waals surface area contributed by atoms with Crippen molar-refractivity contribution in [3.63, 3.8) is 0 Å². The number of alkyl halides is 3. The average Bonchev–Trinajstić information content (AvgIpc) is 3.62. The third-order valence-corrected chi connectivity index (χ3v) is 9.69. The van der Waals surface area contributed by atoms with Gasteiger partial charge < -0.3 is 14.0 Å². The number of sulfonamides is 1. The van der Waals surface area contributed by atoms with Crippen LogP contribution in [0.2, 0.25) is 0 Å². The van der Waals surface area contributed by atoms with Crippen molar-refractivity contribution in [2.45, 2.75) is 30.1 Å². The second-order valence-electron chi connectivity index (χ2n) is 10.8. The molecule has 0 radical (unpaired) electrons. The molecule has 1 saturated carbocycles. The number of rotatable bonds is 11. The van der Waals surface area contributed by atoms with E-state index in [9.17, 15) is 26.4 Å². The van der Waals surface area contributed by atoms with Crippen LogP contribution in [0.15, 0.2) is 93.3 Å². The zero-order valence-corrected chi connectivity index (χ0v) is 25.7. The monoisotopic (exact) mass is 673 g/mol. The van der Waals surface area contributed by atoms with Gasteiger partial charge in [0.1, 0.15) is 23.6 Å². The standard InChI is InChI=1S/C32H27F4N3O7S/c1-43-22-6-3-19(4-7-22)17-38(30-11-12-46-37-30)47(41,42)23-8-9-27-20(13-23)5-10-31(40)39(27)28-16-26(33)25(15-29(28)44-2)24-14-21(24)18-45-32(34,35)36/h3-13,15-16,21,24H,14,17-18H2,1-2H3/t21-,24+/m0/s1. The Labute approximate surface area is 265 Å². The number of hydrogen-bond donors (Lipinski definition) is 0. The van der Waals surface area contributed by atoms with Gasteiger partial charge in [0, 0.05) is 23.6 Å².